The van der Waals surface area contributed by atoms with Gasteiger partial charge in [0.2, 0.25) is 0 Å². The molecule has 1 aliphatic heterocycles. The summed E-state index contributed by atoms with van der Waals surface area (Å²) in [5.41, 5.74) is 4.36. The van der Waals surface area contributed by atoms with Gasteiger partial charge in [-0.05, 0) is 37.0 Å². The second kappa shape index (κ2) is 5.78. The van der Waals surface area contributed by atoms with Gasteiger partial charge in [-0.15, -0.1) is 0 Å². The van der Waals surface area contributed by atoms with Crippen molar-refractivity contribution < 1.29 is 10.2 Å². The number of phenols is 1. The van der Waals surface area contributed by atoms with Gasteiger partial charge in [-0.25, -0.2) is 0 Å². The Bertz CT molecular complexity index is 637. The Labute approximate surface area is 125 Å². The fraction of sp³-hybridized carbons (Fsp3) is 0.333. The first-order chi connectivity index (χ1) is 10.1. The molecule has 2 aromatic carbocycles. The molecule has 3 rings (SSSR count). The van der Waals surface area contributed by atoms with Gasteiger partial charge in [0.15, 0.2) is 0 Å². The molecule has 1 heterocycles. The number of benzene rings is 2. The number of hydrogen-bond donors (Lipinski definition) is 2. The maximum Gasteiger partial charge on any atom is 0.123 e. The van der Waals surface area contributed by atoms with Crippen molar-refractivity contribution in [2.45, 2.75) is 32.4 Å². The fourth-order valence-electron chi connectivity index (χ4n) is 3.00. The van der Waals surface area contributed by atoms with Crippen LogP contribution in [0.3, 0.4) is 0 Å². The zero-order chi connectivity index (χ0) is 14.8. The van der Waals surface area contributed by atoms with Crippen LogP contribution >= 0.6 is 0 Å². The Kier molecular flexibility index (Phi) is 3.84. The third-order valence-electron chi connectivity index (χ3n) is 4.18. The minimum absolute atomic E-state index is 0.167. The van der Waals surface area contributed by atoms with Gasteiger partial charge in [-0.1, -0.05) is 30.3 Å². The molecule has 0 aromatic heterocycles. The SMILES string of the molecule is CC(O)c1ccc(N2CCCc3ccccc3C2)cc1O. The first-order valence-corrected chi connectivity index (χ1v) is 7.48. The molecule has 0 radical (unpaired) electrons. The number of fused-ring (bicyclic) bond motifs is 1. The lowest BCUT2D eigenvalue weighted by Crippen LogP contribution is -2.22. The number of phenolic OH excluding ortho intramolecular Hbond substituents is 1. The maximum atomic E-state index is 10.1. The molecule has 1 atom stereocenters. The summed E-state index contributed by atoms with van der Waals surface area (Å²) in [5, 5.41) is 19.7. The minimum atomic E-state index is -0.649. The van der Waals surface area contributed by atoms with E-state index in [-0.39, 0.29) is 5.75 Å². The first-order valence-electron chi connectivity index (χ1n) is 7.48. The van der Waals surface area contributed by atoms with Gasteiger partial charge in [0.25, 0.3) is 0 Å². The van der Waals surface area contributed by atoms with E-state index < -0.39 is 6.10 Å². The molecule has 0 bridgehead atoms. The van der Waals surface area contributed by atoms with E-state index in [9.17, 15) is 10.2 Å². The molecule has 3 heteroatoms. The van der Waals surface area contributed by atoms with Crippen LogP contribution in [0.15, 0.2) is 42.5 Å². The van der Waals surface area contributed by atoms with E-state index in [1.165, 1.54) is 11.1 Å². The van der Waals surface area contributed by atoms with Crippen LogP contribution in [-0.2, 0) is 13.0 Å². The number of aryl methyl sites for hydroxylation is 1. The Morgan fingerprint density at radius 3 is 2.57 bits per heavy atom. The molecule has 2 N–H and O–H groups in total. The van der Waals surface area contributed by atoms with Crippen molar-refractivity contribution in [1.82, 2.24) is 0 Å². The van der Waals surface area contributed by atoms with Crippen LogP contribution in [0.1, 0.15) is 36.1 Å². The molecule has 0 saturated heterocycles. The molecular formula is C18H21NO2. The monoisotopic (exact) mass is 283 g/mol. The normalized spacial score (nSPS) is 16.2. The van der Waals surface area contributed by atoms with Gasteiger partial charge in [0.05, 0.1) is 6.10 Å². The Morgan fingerprint density at radius 1 is 1.10 bits per heavy atom. The van der Waals surface area contributed by atoms with Crippen molar-refractivity contribution in [3.63, 3.8) is 0 Å². The molecule has 0 fully saturated rings. The predicted octanol–water partition coefficient (Wildman–Crippen LogP) is 3.40. The summed E-state index contributed by atoms with van der Waals surface area (Å²) < 4.78 is 0. The van der Waals surface area contributed by atoms with Gasteiger partial charge in [-0.2, -0.15) is 0 Å². The number of rotatable bonds is 2. The van der Waals surface area contributed by atoms with Crippen LogP contribution < -0.4 is 4.90 Å². The van der Waals surface area contributed by atoms with Crippen molar-refractivity contribution in [1.29, 1.82) is 0 Å². The zero-order valence-corrected chi connectivity index (χ0v) is 12.3. The lowest BCUT2D eigenvalue weighted by Gasteiger charge is -2.24. The highest BCUT2D eigenvalue weighted by Gasteiger charge is 2.16. The van der Waals surface area contributed by atoms with E-state index in [1.807, 2.05) is 12.1 Å². The zero-order valence-electron chi connectivity index (χ0n) is 12.3. The maximum absolute atomic E-state index is 10.1. The molecule has 0 saturated carbocycles. The third-order valence-corrected chi connectivity index (χ3v) is 4.18. The number of aliphatic hydroxyl groups excluding tert-OH is 1. The summed E-state index contributed by atoms with van der Waals surface area (Å²) in [6.07, 6.45) is 1.56. The fourth-order valence-corrected chi connectivity index (χ4v) is 3.00. The number of hydrogen-bond acceptors (Lipinski definition) is 3. The molecule has 1 unspecified atom stereocenters. The largest absolute Gasteiger partial charge is 0.507 e. The average molecular weight is 283 g/mol. The van der Waals surface area contributed by atoms with E-state index in [4.69, 9.17) is 0 Å². The van der Waals surface area contributed by atoms with E-state index in [1.54, 1.807) is 13.0 Å². The first kappa shape index (κ1) is 14.0. The van der Waals surface area contributed by atoms with Gasteiger partial charge < -0.3 is 15.1 Å². The lowest BCUT2D eigenvalue weighted by atomic mass is 10.0. The summed E-state index contributed by atoms with van der Waals surface area (Å²) in [6, 6.07) is 14.1. The van der Waals surface area contributed by atoms with Crippen LogP contribution in [0.5, 0.6) is 5.75 Å². The van der Waals surface area contributed by atoms with Crippen LogP contribution in [-0.4, -0.2) is 16.8 Å². The van der Waals surface area contributed by atoms with Gasteiger partial charge in [0, 0.05) is 30.4 Å². The van der Waals surface area contributed by atoms with Gasteiger partial charge >= 0.3 is 0 Å². The van der Waals surface area contributed by atoms with Crippen LogP contribution in [0.2, 0.25) is 0 Å². The van der Waals surface area contributed by atoms with Gasteiger partial charge in [-0.3, -0.25) is 0 Å². The quantitative estimate of drug-likeness (QED) is 0.888. The lowest BCUT2D eigenvalue weighted by molar-refractivity contribution is 0.195. The topological polar surface area (TPSA) is 43.7 Å². The molecular weight excluding hydrogens is 262 g/mol. The number of anilines is 1. The highest BCUT2D eigenvalue weighted by atomic mass is 16.3. The number of aromatic hydroxyl groups is 1. The van der Waals surface area contributed by atoms with Crippen LogP contribution in [0, 0.1) is 0 Å². The molecule has 3 nitrogen and oxygen atoms in total. The van der Waals surface area contributed by atoms with E-state index in [0.717, 1.165) is 31.6 Å². The van der Waals surface area contributed by atoms with E-state index in [0.29, 0.717) is 5.56 Å². The Balaban J connectivity index is 1.89. The van der Waals surface area contributed by atoms with Crippen molar-refractivity contribution in [2.24, 2.45) is 0 Å². The van der Waals surface area contributed by atoms with Gasteiger partial charge in [0.1, 0.15) is 5.75 Å². The second-order valence-electron chi connectivity index (χ2n) is 5.71. The van der Waals surface area contributed by atoms with E-state index >= 15 is 0 Å². The number of nitrogens with zero attached hydrogens (tertiary/aromatic N) is 1. The second-order valence-corrected chi connectivity index (χ2v) is 5.71. The van der Waals surface area contributed by atoms with Crippen molar-refractivity contribution in [3.8, 4) is 5.75 Å². The molecule has 0 spiro atoms. The molecule has 0 amide bonds. The average Bonchev–Trinajstić information content (AvgIpc) is 2.68. The standard InChI is InChI=1S/C18H21NO2/c1-13(20)17-9-8-16(11-18(17)21)19-10-4-7-14-5-2-3-6-15(14)12-19/h2-3,5-6,8-9,11,13,20-21H,4,7,10,12H2,1H3. The molecule has 2 aromatic rings. The van der Waals surface area contributed by atoms with Crippen molar-refractivity contribution >= 4 is 5.69 Å². The van der Waals surface area contributed by atoms with Crippen LogP contribution in [0.25, 0.3) is 0 Å². The Hall–Kier alpha value is -2.00. The third kappa shape index (κ3) is 2.88. The summed E-state index contributed by atoms with van der Waals surface area (Å²) in [7, 11) is 0. The van der Waals surface area contributed by atoms with E-state index in [2.05, 4.69) is 29.2 Å². The summed E-state index contributed by atoms with van der Waals surface area (Å²) in [4.78, 5) is 2.29. The summed E-state index contributed by atoms with van der Waals surface area (Å²) in [5.74, 6) is 0.167. The smallest absolute Gasteiger partial charge is 0.123 e. The molecule has 21 heavy (non-hydrogen) atoms. The number of aliphatic hydroxyl groups is 1. The minimum Gasteiger partial charge on any atom is -0.507 e. The summed E-state index contributed by atoms with van der Waals surface area (Å²) in [6.45, 7) is 3.50. The molecule has 110 valence electrons. The Morgan fingerprint density at radius 2 is 1.86 bits per heavy atom. The van der Waals surface area contributed by atoms with Crippen LogP contribution in [0.4, 0.5) is 5.69 Å². The predicted molar refractivity (Wildman–Crippen MR) is 84.6 cm³/mol. The summed E-state index contributed by atoms with van der Waals surface area (Å²) >= 11 is 0. The highest BCUT2D eigenvalue weighted by Crippen LogP contribution is 2.31. The van der Waals surface area contributed by atoms with Crippen molar-refractivity contribution in [2.75, 3.05) is 11.4 Å². The van der Waals surface area contributed by atoms with Crippen molar-refractivity contribution in [3.05, 3.63) is 59.2 Å². The highest BCUT2D eigenvalue weighted by molar-refractivity contribution is 5.54. The molecule has 0 aliphatic carbocycles. The molecule has 1 aliphatic rings.